The fraction of sp³-hybridized carbons (Fsp3) is 0.500. The molecule has 1 aliphatic heterocycles. The van der Waals surface area contributed by atoms with Crippen LogP contribution in [-0.2, 0) is 4.79 Å². The van der Waals surface area contributed by atoms with Crippen LogP contribution in [0.25, 0.3) is 0 Å². The van der Waals surface area contributed by atoms with Gasteiger partial charge in [0.05, 0.1) is 11.0 Å². The molecule has 0 radical (unpaired) electrons. The zero-order valence-corrected chi connectivity index (χ0v) is 11.0. The van der Waals surface area contributed by atoms with Gasteiger partial charge in [0.2, 0.25) is 0 Å². The first kappa shape index (κ1) is 13.3. The van der Waals surface area contributed by atoms with E-state index < -0.39 is 11.4 Å². The molecular weight excluding hydrogens is 242 g/mol. The zero-order chi connectivity index (χ0) is 13.9. The van der Waals surface area contributed by atoms with Crippen LogP contribution in [0.3, 0.4) is 0 Å². The van der Waals surface area contributed by atoms with Crippen molar-refractivity contribution in [3.8, 4) is 6.07 Å². The lowest BCUT2D eigenvalue weighted by Crippen LogP contribution is -2.34. The molecule has 2 rings (SSSR count). The maximum absolute atomic E-state index is 11.5. The van der Waals surface area contributed by atoms with E-state index in [1.807, 2.05) is 17.9 Å². The topological polar surface area (TPSA) is 77.2 Å². The summed E-state index contributed by atoms with van der Waals surface area (Å²) in [7, 11) is 0. The van der Waals surface area contributed by atoms with E-state index in [1.54, 1.807) is 12.1 Å². The Balaban J connectivity index is 2.16. The molecule has 0 amide bonds. The molecule has 0 bridgehead atoms. The Hall–Kier alpha value is -2.09. The number of carbonyl (C=O) groups is 1. The van der Waals surface area contributed by atoms with Crippen LogP contribution < -0.4 is 4.90 Å². The molecule has 2 heterocycles. The van der Waals surface area contributed by atoms with E-state index >= 15 is 0 Å². The summed E-state index contributed by atoms with van der Waals surface area (Å²) in [6.45, 7) is 3.20. The minimum Gasteiger partial charge on any atom is -0.481 e. The molecule has 5 heteroatoms. The average Bonchev–Trinajstić information content (AvgIpc) is 2.85. The summed E-state index contributed by atoms with van der Waals surface area (Å²) >= 11 is 0. The molecule has 0 aromatic carbocycles. The molecule has 1 N–H and O–H groups in total. The average molecular weight is 259 g/mol. The van der Waals surface area contributed by atoms with Crippen molar-refractivity contribution in [2.45, 2.75) is 26.2 Å². The van der Waals surface area contributed by atoms with E-state index in [-0.39, 0.29) is 0 Å². The molecule has 5 nitrogen and oxygen atoms in total. The van der Waals surface area contributed by atoms with Gasteiger partial charge in [-0.1, -0.05) is 13.3 Å². The van der Waals surface area contributed by atoms with Crippen molar-refractivity contribution in [1.29, 1.82) is 5.26 Å². The molecule has 0 spiro atoms. The normalized spacial score (nSPS) is 22.2. The largest absolute Gasteiger partial charge is 0.481 e. The van der Waals surface area contributed by atoms with Gasteiger partial charge in [0.1, 0.15) is 11.9 Å². The molecular formula is C14H17N3O2. The quantitative estimate of drug-likeness (QED) is 0.895. The van der Waals surface area contributed by atoms with Crippen molar-refractivity contribution in [2.75, 3.05) is 18.0 Å². The summed E-state index contributed by atoms with van der Waals surface area (Å²) in [6.07, 6.45) is 3.73. The monoisotopic (exact) mass is 259 g/mol. The van der Waals surface area contributed by atoms with E-state index in [2.05, 4.69) is 4.98 Å². The number of aromatic nitrogens is 1. The lowest BCUT2D eigenvalue weighted by molar-refractivity contribution is -0.148. The third kappa shape index (κ3) is 2.53. The smallest absolute Gasteiger partial charge is 0.311 e. The Labute approximate surface area is 112 Å². The van der Waals surface area contributed by atoms with Gasteiger partial charge in [0.25, 0.3) is 0 Å². The molecule has 1 aliphatic rings. The number of rotatable bonds is 4. The molecule has 100 valence electrons. The Morgan fingerprint density at radius 1 is 1.63 bits per heavy atom. The predicted molar refractivity (Wildman–Crippen MR) is 70.8 cm³/mol. The fourth-order valence-corrected chi connectivity index (χ4v) is 2.67. The van der Waals surface area contributed by atoms with Crippen LogP contribution in [0, 0.1) is 16.7 Å². The highest BCUT2D eigenvalue weighted by molar-refractivity contribution is 5.76. The van der Waals surface area contributed by atoms with Gasteiger partial charge in [-0.05, 0) is 25.0 Å². The van der Waals surface area contributed by atoms with Crippen LogP contribution in [-0.4, -0.2) is 29.1 Å². The minimum atomic E-state index is -0.717. The Morgan fingerprint density at radius 3 is 2.95 bits per heavy atom. The number of anilines is 1. The molecule has 0 saturated carbocycles. The van der Waals surface area contributed by atoms with Gasteiger partial charge >= 0.3 is 5.97 Å². The molecule has 1 aromatic rings. The molecule has 0 aliphatic carbocycles. The molecule has 1 fully saturated rings. The summed E-state index contributed by atoms with van der Waals surface area (Å²) in [5, 5.41) is 18.2. The first-order valence-corrected chi connectivity index (χ1v) is 6.46. The van der Waals surface area contributed by atoms with Gasteiger partial charge in [-0.25, -0.2) is 4.98 Å². The summed E-state index contributed by atoms with van der Waals surface area (Å²) in [4.78, 5) is 17.7. The predicted octanol–water partition coefficient (Wildman–Crippen LogP) is 2.03. The zero-order valence-electron chi connectivity index (χ0n) is 11.0. The third-order valence-corrected chi connectivity index (χ3v) is 3.74. The highest BCUT2D eigenvalue weighted by atomic mass is 16.4. The number of nitrogens with zero attached hydrogens (tertiary/aromatic N) is 3. The Kier molecular flexibility index (Phi) is 3.70. The van der Waals surface area contributed by atoms with Crippen molar-refractivity contribution in [1.82, 2.24) is 4.98 Å². The van der Waals surface area contributed by atoms with Crippen LogP contribution in [0.15, 0.2) is 18.3 Å². The summed E-state index contributed by atoms with van der Waals surface area (Å²) in [6, 6.07) is 5.52. The van der Waals surface area contributed by atoms with E-state index in [4.69, 9.17) is 5.26 Å². The summed E-state index contributed by atoms with van der Waals surface area (Å²) in [5.74, 6) is 0.0312. The number of hydrogen-bond donors (Lipinski definition) is 1. The van der Waals surface area contributed by atoms with Gasteiger partial charge in [0, 0.05) is 19.3 Å². The lowest BCUT2D eigenvalue weighted by Gasteiger charge is -2.24. The maximum Gasteiger partial charge on any atom is 0.311 e. The van der Waals surface area contributed by atoms with E-state index in [0.717, 1.165) is 12.2 Å². The number of carboxylic acids is 1. The van der Waals surface area contributed by atoms with Crippen LogP contribution in [0.4, 0.5) is 5.82 Å². The van der Waals surface area contributed by atoms with E-state index in [1.165, 1.54) is 6.20 Å². The maximum atomic E-state index is 11.5. The van der Waals surface area contributed by atoms with Gasteiger partial charge in [-0.15, -0.1) is 0 Å². The SMILES string of the molecule is CCCC1(C(=O)O)CCN(c2ccc(C#N)cn2)C1. The molecule has 19 heavy (non-hydrogen) atoms. The van der Waals surface area contributed by atoms with Gasteiger partial charge in [-0.2, -0.15) is 5.26 Å². The molecule has 1 atom stereocenters. The van der Waals surface area contributed by atoms with E-state index in [9.17, 15) is 9.90 Å². The first-order chi connectivity index (χ1) is 9.11. The number of aliphatic carboxylic acids is 1. The van der Waals surface area contributed by atoms with Crippen molar-refractivity contribution in [3.05, 3.63) is 23.9 Å². The van der Waals surface area contributed by atoms with Crippen molar-refractivity contribution < 1.29 is 9.90 Å². The second kappa shape index (κ2) is 5.27. The molecule has 1 unspecified atom stereocenters. The van der Waals surface area contributed by atoms with Crippen molar-refractivity contribution in [3.63, 3.8) is 0 Å². The van der Waals surface area contributed by atoms with E-state index in [0.29, 0.717) is 31.5 Å². The number of nitriles is 1. The fourth-order valence-electron chi connectivity index (χ4n) is 2.67. The summed E-state index contributed by atoms with van der Waals surface area (Å²) in [5.41, 5.74) is -0.134. The summed E-state index contributed by atoms with van der Waals surface area (Å²) < 4.78 is 0. The van der Waals surface area contributed by atoms with Crippen LogP contribution >= 0.6 is 0 Å². The second-order valence-electron chi connectivity index (χ2n) is 5.02. The van der Waals surface area contributed by atoms with Crippen molar-refractivity contribution >= 4 is 11.8 Å². The van der Waals surface area contributed by atoms with Crippen LogP contribution in [0.1, 0.15) is 31.7 Å². The van der Waals surface area contributed by atoms with Crippen molar-refractivity contribution in [2.24, 2.45) is 5.41 Å². The van der Waals surface area contributed by atoms with Gasteiger partial charge in [0.15, 0.2) is 0 Å². The highest BCUT2D eigenvalue weighted by Crippen LogP contribution is 2.37. The number of pyridine rings is 1. The number of carboxylic acid groups (broad SMARTS) is 1. The van der Waals surface area contributed by atoms with Crippen LogP contribution in [0.2, 0.25) is 0 Å². The lowest BCUT2D eigenvalue weighted by atomic mass is 9.83. The van der Waals surface area contributed by atoms with Crippen LogP contribution in [0.5, 0.6) is 0 Å². The Bertz CT molecular complexity index is 506. The molecule has 1 saturated heterocycles. The first-order valence-electron chi connectivity index (χ1n) is 6.46. The number of hydrogen-bond acceptors (Lipinski definition) is 4. The Morgan fingerprint density at radius 2 is 2.42 bits per heavy atom. The molecule has 1 aromatic heterocycles. The van der Waals surface area contributed by atoms with Gasteiger partial charge in [-0.3, -0.25) is 4.79 Å². The highest BCUT2D eigenvalue weighted by Gasteiger charge is 2.44. The van der Waals surface area contributed by atoms with Gasteiger partial charge < -0.3 is 10.0 Å². The minimum absolute atomic E-state index is 0.495. The third-order valence-electron chi connectivity index (χ3n) is 3.74. The standard InChI is InChI=1S/C14H17N3O2/c1-2-5-14(13(18)19)6-7-17(10-14)12-4-3-11(8-15)9-16-12/h3-4,9H,2,5-7,10H2,1H3,(H,18,19). The second-order valence-corrected chi connectivity index (χ2v) is 5.02.